The van der Waals surface area contributed by atoms with Crippen LogP contribution in [-0.2, 0) is 65.4 Å². The van der Waals surface area contributed by atoms with Gasteiger partial charge in [0.1, 0.15) is 19.3 Å². The van der Waals surface area contributed by atoms with Crippen molar-refractivity contribution in [1.82, 2.24) is 0 Å². The van der Waals surface area contributed by atoms with Crippen LogP contribution in [0, 0.1) is 11.8 Å². The zero-order valence-corrected chi connectivity index (χ0v) is 61.6. The molecule has 19 heteroatoms. The number of carbonyl (C=O) groups excluding carboxylic acids is 4. The van der Waals surface area contributed by atoms with Gasteiger partial charge in [0, 0.05) is 25.7 Å². The first-order chi connectivity index (χ1) is 44.4. The molecule has 0 bridgehead atoms. The molecular formula is C73H142O17P2. The lowest BCUT2D eigenvalue weighted by molar-refractivity contribution is -0.161. The summed E-state index contributed by atoms with van der Waals surface area (Å²) in [6, 6.07) is 0. The van der Waals surface area contributed by atoms with Crippen LogP contribution >= 0.6 is 15.6 Å². The topological polar surface area (TPSA) is 237 Å². The summed E-state index contributed by atoms with van der Waals surface area (Å²) < 4.78 is 68.4. The fraction of sp³-hybridized carbons (Fsp3) is 0.945. The van der Waals surface area contributed by atoms with E-state index in [1.165, 1.54) is 193 Å². The van der Waals surface area contributed by atoms with Crippen LogP contribution in [-0.4, -0.2) is 96.7 Å². The Labute approximate surface area is 562 Å². The number of rotatable bonds is 72. The van der Waals surface area contributed by atoms with Crippen LogP contribution in [0.15, 0.2) is 0 Å². The molecule has 0 rings (SSSR count). The number of phosphoric ester groups is 2. The molecule has 546 valence electrons. The number of ether oxygens (including phenoxy) is 4. The van der Waals surface area contributed by atoms with Crippen LogP contribution in [0.5, 0.6) is 0 Å². The van der Waals surface area contributed by atoms with Gasteiger partial charge in [-0.2, -0.15) is 0 Å². The molecule has 0 aromatic heterocycles. The van der Waals surface area contributed by atoms with Gasteiger partial charge >= 0.3 is 39.5 Å². The average molecular weight is 1350 g/mol. The second kappa shape index (κ2) is 65.0. The number of carbonyl (C=O) groups is 4. The second-order valence-corrected chi connectivity index (χ2v) is 30.2. The van der Waals surface area contributed by atoms with Gasteiger partial charge in [-0.1, -0.05) is 324 Å². The third-order valence-corrected chi connectivity index (χ3v) is 18.9. The van der Waals surface area contributed by atoms with E-state index in [9.17, 15) is 43.2 Å². The minimum atomic E-state index is -4.95. The molecule has 0 radical (unpaired) electrons. The zero-order chi connectivity index (χ0) is 67.9. The highest BCUT2D eigenvalue weighted by atomic mass is 31.2. The number of aliphatic hydroxyl groups excluding tert-OH is 1. The molecule has 2 unspecified atom stereocenters. The third kappa shape index (κ3) is 66.7. The quantitative estimate of drug-likeness (QED) is 0.0222. The van der Waals surface area contributed by atoms with E-state index < -0.39 is 97.5 Å². The minimum absolute atomic E-state index is 0.105. The first kappa shape index (κ1) is 90.1. The van der Waals surface area contributed by atoms with Crippen LogP contribution in [0.2, 0.25) is 0 Å². The van der Waals surface area contributed by atoms with Crippen LogP contribution in [0.3, 0.4) is 0 Å². The lowest BCUT2D eigenvalue weighted by Gasteiger charge is -2.21. The summed E-state index contributed by atoms with van der Waals surface area (Å²) in [6.07, 6.45) is 51.2. The Hall–Kier alpha value is -1.94. The molecule has 0 aliphatic heterocycles. The van der Waals surface area contributed by atoms with Crippen molar-refractivity contribution >= 4 is 39.5 Å². The van der Waals surface area contributed by atoms with E-state index >= 15 is 0 Å². The standard InChI is InChI=1S/C73H142O17P2/c1-7-9-11-13-15-17-19-21-22-24-26-32-39-45-51-57-72(77)89-68(61-83-70(75)55-49-43-37-31-25-23-20-18-16-14-12-10-8-2)63-87-91(79,80)85-59-67(74)60-86-92(81,82)88-64-69(90-73(78)58-52-46-40-34-28-30-36-42-48-54-66(5)6)62-84-71(76)56-50-44-38-33-27-29-35-41-47-53-65(3)4/h65-69,74H,7-64H2,1-6H3,(H,79,80)(H,81,82)/t67-,68-,69-/m1/s1. The van der Waals surface area contributed by atoms with Crippen molar-refractivity contribution < 1.29 is 80.2 Å². The van der Waals surface area contributed by atoms with Crippen LogP contribution in [0.25, 0.3) is 0 Å². The highest BCUT2D eigenvalue weighted by molar-refractivity contribution is 7.47. The molecule has 17 nitrogen and oxygen atoms in total. The Kier molecular flexibility index (Phi) is 63.7. The van der Waals surface area contributed by atoms with E-state index in [2.05, 4.69) is 41.5 Å². The highest BCUT2D eigenvalue weighted by Gasteiger charge is 2.30. The predicted molar refractivity (Wildman–Crippen MR) is 372 cm³/mol. The molecule has 0 aromatic rings. The molecule has 0 saturated heterocycles. The Morgan fingerprint density at radius 2 is 0.500 bits per heavy atom. The van der Waals surface area contributed by atoms with Gasteiger partial charge < -0.3 is 33.8 Å². The Balaban J connectivity index is 5.26. The summed E-state index contributed by atoms with van der Waals surface area (Å²) in [4.78, 5) is 72.7. The number of hydrogen-bond donors (Lipinski definition) is 3. The molecular weight excluding hydrogens is 1210 g/mol. The number of phosphoric acid groups is 2. The highest BCUT2D eigenvalue weighted by Crippen LogP contribution is 2.45. The van der Waals surface area contributed by atoms with Crippen molar-refractivity contribution in [2.45, 2.75) is 394 Å². The maximum Gasteiger partial charge on any atom is 0.472 e. The molecule has 0 saturated carbocycles. The Morgan fingerprint density at radius 1 is 0.293 bits per heavy atom. The van der Waals surface area contributed by atoms with E-state index in [0.717, 1.165) is 102 Å². The normalized spacial score (nSPS) is 14.1. The Bertz CT molecular complexity index is 1790. The molecule has 0 heterocycles. The molecule has 0 spiro atoms. The molecule has 0 fully saturated rings. The number of hydrogen-bond acceptors (Lipinski definition) is 15. The fourth-order valence-corrected chi connectivity index (χ4v) is 12.7. The molecule has 5 atom stereocenters. The summed E-state index contributed by atoms with van der Waals surface area (Å²) >= 11 is 0. The van der Waals surface area contributed by atoms with Crippen molar-refractivity contribution in [1.29, 1.82) is 0 Å². The van der Waals surface area contributed by atoms with Gasteiger partial charge in [0.25, 0.3) is 0 Å². The van der Waals surface area contributed by atoms with Crippen LogP contribution in [0.1, 0.15) is 375 Å². The SMILES string of the molecule is CCCCCCCCCCCCCCCCCC(=O)O[C@H](COC(=O)CCCCCCCCCCCCCCC)COP(=O)(O)OC[C@@H](O)COP(=O)(O)OC[C@@H](COC(=O)CCCCCCCCCCCC(C)C)OC(=O)CCCCCCCCCCCC(C)C. The van der Waals surface area contributed by atoms with E-state index in [4.69, 9.17) is 37.0 Å². The molecule has 0 aromatic carbocycles. The van der Waals surface area contributed by atoms with Crippen molar-refractivity contribution in [3.8, 4) is 0 Å². The molecule has 92 heavy (non-hydrogen) atoms. The minimum Gasteiger partial charge on any atom is -0.462 e. The summed E-state index contributed by atoms with van der Waals surface area (Å²) in [5.41, 5.74) is 0. The van der Waals surface area contributed by atoms with Gasteiger partial charge in [0.05, 0.1) is 26.4 Å². The van der Waals surface area contributed by atoms with E-state index in [1.54, 1.807) is 0 Å². The maximum atomic E-state index is 13.1. The summed E-state index contributed by atoms with van der Waals surface area (Å²) in [6.45, 7) is 9.54. The van der Waals surface area contributed by atoms with Crippen molar-refractivity contribution in [2.75, 3.05) is 39.6 Å². The Morgan fingerprint density at radius 3 is 0.739 bits per heavy atom. The molecule has 0 aliphatic carbocycles. The lowest BCUT2D eigenvalue weighted by Crippen LogP contribution is -2.30. The van der Waals surface area contributed by atoms with E-state index in [1.807, 2.05) is 0 Å². The summed E-state index contributed by atoms with van der Waals surface area (Å²) in [5.74, 6) is -0.638. The van der Waals surface area contributed by atoms with Gasteiger partial charge in [-0.25, -0.2) is 9.13 Å². The van der Waals surface area contributed by atoms with E-state index in [-0.39, 0.29) is 25.7 Å². The van der Waals surface area contributed by atoms with Gasteiger partial charge in [-0.3, -0.25) is 37.3 Å². The van der Waals surface area contributed by atoms with Gasteiger partial charge in [-0.05, 0) is 37.5 Å². The predicted octanol–water partition coefficient (Wildman–Crippen LogP) is 21.2. The zero-order valence-electron chi connectivity index (χ0n) is 59.9. The van der Waals surface area contributed by atoms with Crippen LogP contribution < -0.4 is 0 Å². The van der Waals surface area contributed by atoms with Crippen molar-refractivity contribution in [3.05, 3.63) is 0 Å². The smallest absolute Gasteiger partial charge is 0.462 e. The summed E-state index contributed by atoms with van der Waals surface area (Å²) in [7, 11) is -9.91. The van der Waals surface area contributed by atoms with Gasteiger partial charge in [0.2, 0.25) is 0 Å². The molecule has 0 amide bonds. The summed E-state index contributed by atoms with van der Waals surface area (Å²) in [5, 5.41) is 10.6. The van der Waals surface area contributed by atoms with Gasteiger partial charge in [0.15, 0.2) is 12.2 Å². The lowest BCUT2D eigenvalue weighted by atomic mass is 10.0. The third-order valence-electron chi connectivity index (χ3n) is 17.0. The second-order valence-electron chi connectivity index (χ2n) is 27.3. The van der Waals surface area contributed by atoms with Crippen molar-refractivity contribution in [3.63, 3.8) is 0 Å². The van der Waals surface area contributed by atoms with E-state index in [0.29, 0.717) is 25.7 Å². The number of aliphatic hydroxyl groups is 1. The monoisotopic (exact) mass is 1350 g/mol. The first-order valence-corrected chi connectivity index (χ1v) is 41.0. The van der Waals surface area contributed by atoms with Crippen LogP contribution in [0.4, 0.5) is 0 Å². The maximum absolute atomic E-state index is 13.1. The number of unbranched alkanes of at least 4 members (excludes halogenated alkanes) is 42. The largest absolute Gasteiger partial charge is 0.472 e. The van der Waals surface area contributed by atoms with Crippen molar-refractivity contribution in [2.24, 2.45) is 11.8 Å². The van der Waals surface area contributed by atoms with Gasteiger partial charge in [-0.15, -0.1) is 0 Å². The molecule has 3 N–H and O–H groups in total. The number of esters is 4. The fourth-order valence-electron chi connectivity index (χ4n) is 11.1. The molecule has 0 aliphatic rings. The average Bonchev–Trinajstić information content (AvgIpc) is 2.25. The first-order valence-electron chi connectivity index (χ1n) is 38.0.